The van der Waals surface area contributed by atoms with Crippen molar-refractivity contribution in [3.63, 3.8) is 0 Å². The van der Waals surface area contributed by atoms with Crippen LogP contribution in [0.3, 0.4) is 0 Å². The monoisotopic (exact) mass is 516 g/mol. The molecular formula is C26H27F3N4O2S. The average molecular weight is 517 g/mol. The summed E-state index contributed by atoms with van der Waals surface area (Å²) in [7, 11) is 0.127. The maximum absolute atomic E-state index is 13.3. The molecule has 0 bridgehead atoms. The number of hydrogen-bond donors (Lipinski definition) is 1. The number of aromatic nitrogens is 2. The number of hydrogen-bond acceptors (Lipinski definition) is 4. The van der Waals surface area contributed by atoms with Gasteiger partial charge >= 0.3 is 6.18 Å². The van der Waals surface area contributed by atoms with Crippen molar-refractivity contribution >= 4 is 10.0 Å². The molecule has 3 aromatic rings. The molecule has 190 valence electrons. The quantitative estimate of drug-likeness (QED) is 0.488. The number of sulfonamides is 1. The van der Waals surface area contributed by atoms with Crippen molar-refractivity contribution in [2.75, 3.05) is 13.6 Å². The third-order valence-electron chi connectivity index (χ3n) is 8.20. The zero-order chi connectivity index (χ0) is 25.5. The predicted octanol–water partition coefficient (Wildman–Crippen LogP) is 3.52. The first-order valence-corrected chi connectivity index (χ1v) is 13.5. The van der Waals surface area contributed by atoms with Crippen LogP contribution in [0.1, 0.15) is 33.7 Å². The Morgan fingerprint density at radius 2 is 1.89 bits per heavy atom. The Labute approximate surface area is 208 Å². The van der Waals surface area contributed by atoms with E-state index in [2.05, 4.69) is 33.9 Å². The fourth-order valence-electron chi connectivity index (χ4n) is 6.44. The summed E-state index contributed by atoms with van der Waals surface area (Å²) in [5.41, 5.74) is 3.65. The molecule has 6 rings (SSSR count). The second-order valence-corrected chi connectivity index (χ2v) is 12.1. The lowest BCUT2D eigenvalue weighted by molar-refractivity contribution is -0.137. The summed E-state index contributed by atoms with van der Waals surface area (Å²) in [6.45, 7) is 0.243. The zero-order valence-corrected chi connectivity index (χ0v) is 20.8. The summed E-state index contributed by atoms with van der Waals surface area (Å²) < 4.78 is 69.0. The molecule has 0 amide bonds. The predicted molar refractivity (Wildman–Crippen MR) is 128 cm³/mol. The molecular weight excluding hydrogens is 489 g/mol. The van der Waals surface area contributed by atoms with Crippen molar-refractivity contribution < 1.29 is 21.6 Å². The number of benzene rings is 2. The van der Waals surface area contributed by atoms with Crippen molar-refractivity contribution in [2.24, 2.45) is 12.5 Å². The van der Waals surface area contributed by atoms with Crippen molar-refractivity contribution in [3.8, 4) is 0 Å². The molecule has 0 radical (unpaired) electrons. The van der Waals surface area contributed by atoms with Crippen LogP contribution in [-0.2, 0) is 42.5 Å². The molecule has 3 unspecified atom stereocenters. The normalized spacial score (nSPS) is 28.2. The van der Waals surface area contributed by atoms with Gasteiger partial charge in [-0.2, -0.15) is 18.3 Å². The van der Waals surface area contributed by atoms with Gasteiger partial charge in [-0.1, -0.05) is 36.4 Å². The minimum Gasteiger partial charge on any atom is -0.296 e. The lowest BCUT2D eigenvalue weighted by atomic mass is 9.80. The molecule has 1 N–H and O–H groups in total. The van der Waals surface area contributed by atoms with Gasteiger partial charge in [0.05, 0.1) is 11.8 Å². The number of fused-ring (bicyclic) bond motifs is 4. The van der Waals surface area contributed by atoms with E-state index >= 15 is 0 Å². The van der Waals surface area contributed by atoms with Gasteiger partial charge in [-0.3, -0.25) is 9.58 Å². The molecule has 2 heterocycles. The molecule has 36 heavy (non-hydrogen) atoms. The molecule has 2 fully saturated rings. The van der Waals surface area contributed by atoms with E-state index < -0.39 is 21.8 Å². The summed E-state index contributed by atoms with van der Waals surface area (Å²) in [6.07, 6.45) is 0.428. The van der Waals surface area contributed by atoms with E-state index in [-0.39, 0.29) is 22.8 Å². The minimum absolute atomic E-state index is 0.103. The Morgan fingerprint density at radius 3 is 2.56 bits per heavy atom. The third-order valence-corrected chi connectivity index (χ3v) is 9.62. The molecule has 3 atom stereocenters. The van der Waals surface area contributed by atoms with Gasteiger partial charge in [-0.05, 0) is 60.5 Å². The third kappa shape index (κ3) is 3.77. The first-order chi connectivity index (χ1) is 17.0. The van der Waals surface area contributed by atoms with E-state index in [9.17, 15) is 21.6 Å². The van der Waals surface area contributed by atoms with E-state index in [1.54, 1.807) is 13.1 Å². The van der Waals surface area contributed by atoms with Crippen LogP contribution < -0.4 is 4.72 Å². The van der Waals surface area contributed by atoms with Crippen molar-refractivity contribution in [1.29, 1.82) is 0 Å². The highest BCUT2D eigenvalue weighted by Gasteiger charge is 2.84. The highest BCUT2D eigenvalue weighted by molar-refractivity contribution is 7.89. The van der Waals surface area contributed by atoms with Crippen LogP contribution in [0.25, 0.3) is 0 Å². The van der Waals surface area contributed by atoms with Gasteiger partial charge in [0.25, 0.3) is 0 Å². The minimum atomic E-state index is -4.36. The molecule has 3 aliphatic rings. The first-order valence-electron chi connectivity index (χ1n) is 12.0. The highest BCUT2D eigenvalue weighted by atomic mass is 32.2. The van der Waals surface area contributed by atoms with E-state index in [4.69, 9.17) is 0 Å². The van der Waals surface area contributed by atoms with Crippen molar-refractivity contribution in [2.45, 2.75) is 48.3 Å². The van der Waals surface area contributed by atoms with E-state index in [0.29, 0.717) is 30.5 Å². The van der Waals surface area contributed by atoms with Crippen molar-refractivity contribution in [3.05, 3.63) is 82.7 Å². The summed E-state index contributed by atoms with van der Waals surface area (Å²) >= 11 is 0. The van der Waals surface area contributed by atoms with E-state index in [0.717, 1.165) is 18.1 Å². The number of aryl methyl sites for hydroxylation is 1. The Bertz CT molecular complexity index is 1440. The van der Waals surface area contributed by atoms with Gasteiger partial charge in [0, 0.05) is 37.3 Å². The van der Waals surface area contributed by atoms with Crippen LogP contribution in [0.15, 0.2) is 59.8 Å². The molecule has 6 nitrogen and oxygen atoms in total. The van der Waals surface area contributed by atoms with Crippen LogP contribution in [0.2, 0.25) is 0 Å². The summed E-state index contributed by atoms with van der Waals surface area (Å²) in [5, 5.41) is 3.92. The SMILES string of the molecule is CN1C2C1C21Cc2ccc(CCNS(=O)(=O)c3cnn(C)c3)cc2C1Cc1cccc(C(F)(F)F)c1. The summed E-state index contributed by atoms with van der Waals surface area (Å²) in [6, 6.07) is 13.0. The Morgan fingerprint density at radius 1 is 1.11 bits per heavy atom. The van der Waals surface area contributed by atoms with E-state index in [1.807, 2.05) is 6.07 Å². The van der Waals surface area contributed by atoms with Gasteiger partial charge in [0.1, 0.15) is 4.90 Å². The molecule has 1 spiro atoms. The number of likely N-dealkylation sites (tertiary alicyclic amines) is 1. The Balaban J connectivity index is 1.22. The Hall–Kier alpha value is -2.69. The van der Waals surface area contributed by atoms with Crippen LogP contribution >= 0.6 is 0 Å². The number of halogens is 3. The van der Waals surface area contributed by atoms with Gasteiger partial charge in [-0.25, -0.2) is 13.1 Å². The lowest BCUT2D eigenvalue weighted by Crippen LogP contribution is -2.31. The number of rotatable bonds is 7. The fraction of sp³-hybridized carbons (Fsp3) is 0.423. The van der Waals surface area contributed by atoms with E-state index in [1.165, 1.54) is 40.3 Å². The summed E-state index contributed by atoms with van der Waals surface area (Å²) in [4.78, 5) is 2.46. The number of nitrogens with one attached hydrogen (secondary N) is 1. The maximum atomic E-state index is 13.3. The zero-order valence-electron chi connectivity index (χ0n) is 20.0. The molecule has 2 aliphatic carbocycles. The molecule has 10 heteroatoms. The molecule has 2 aromatic carbocycles. The lowest BCUT2D eigenvalue weighted by Gasteiger charge is -2.29. The average Bonchev–Trinajstić information content (AvgIpc) is 3.57. The van der Waals surface area contributed by atoms with Gasteiger partial charge in [0.2, 0.25) is 10.0 Å². The number of alkyl halides is 3. The molecule has 1 saturated carbocycles. The standard InChI is InChI=1S/C26H27F3N4O2S/c1-32-15-20(14-30-32)36(34,35)31-9-8-16-6-7-18-13-25(23-24(25)33(23)2)22(21(18)11-16)12-17-4-3-5-19(10-17)26(27,28)29/h3-7,10-11,14-15,22-24,31H,8-9,12-13H2,1-2H3. The second kappa shape index (κ2) is 7.90. The fourth-order valence-corrected chi connectivity index (χ4v) is 7.46. The van der Waals surface area contributed by atoms with Gasteiger partial charge < -0.3 is 0 Å². The van der Waals surface area contributed by atoms with Crippen LogP contribution in [0, 0.1) is 5.41 Å². The second-order valence-electron chi connectivity index (χ2n) is 10.3. The largest absolute Gasteiger partial charge is 0.416 e. The molecule has 1 aromatic heterocycles. The summed E-state index contributed by atoms with van der Waals surface area (Å²) in [5.74, 6) is 0.147. The highest BCUT2D eigenvalue weighted by Crippen LogP contribution is 2.76. The topological polar surface area (TPSA) is 67.0 Å². The van der Waals surface area contributed by atoms with Crippen LogP contribution in [0.5, 0.6) is 0 Å². The van der Waals surface area contributed by atoms with Gasteiger partial charge in [0.15, 0.2) is 0 Å². The Kier molecular flexibility index (Phi) is 5.20. The number of likely N-dealkylation sites (N-methyl/N-ethyl adjacent to an activating group) is 1. The van der Waals surface area contributed by atoms with Crippen LogP contribution in [-0.4, -0.2) is 48.8 Å². The van der Waals surface area contributed by atoms with Crippen molar-refractivity contribution in [1.82, 2.24) is 19.4 Å². The van der Waals surface area contributed by atoms with Gasteiger partial charge in [-0.15, -0.1) is 0 Å². The molecule has 1 saturated heterocycles. The maximum Gasteiger partial charge on any atom is 0.416 e. The number of nitrogens with zero attached hydrogens (tertiary/aromatic N) is 3. The smallest absolute Gasteiger partial charge is 0.296 e. The van der Waals surface area contributed by atoms with Crippen LogP contribution in [0.4, 0.5) is 13.2 Å². The first kappa shape index (κ1) is 23.7. The molecule has 1 aliphatic heterocycles.